The number of hydrogen-bond donors (Lipinski definition) is 2. The second-order valence-corrected chi connectivity index (χ2v) is 10.6. The van der Waals surface area contributed by atoms with Crippen molar-refractivity contribution in [2.24, 2.45) is 5.92 Å². The number of amides is 3. The van der Waals surface area contributed by atoms with Crippen molar-refractivity contribution < 1.29 is 19.2 Å². The van der Waals surface area contributed by atoms with Gasteiger partial charge in [-0.1, -0.05) is 34.8 Å². The molecule has 2 fully saturated rings. The standard InChI is InChI=1S/C22H18Cl5N3O4/c1-2-30-21(33)16(9-34-30)29-19(31)14-8-13(3-4-15(14)25)28-20(32)18-17(22(18,26)27)10-5-11(23)7-12(24)6-10/h3-8,16-18H,2,9H2,1H3,(H,28,32)(H,29,31)/t16-,17-,18+/m1/s1. The second kappa shape index (κ2) is 9.72. The van der Waals surface area contributed by atoms with Crippen molar-refractivity contribution in [3.8, 4) is 0 Å². The fourth-order valence-electron chi connectivity index (χ4n) is 3.88. The summed E-state index contributed by atoms with van der Waals surface area (Å²) in [6.45, 7) is 2.14. The molecule has 2 aromatic carbocycles. The molecule has 2 aromatic rings. The van der Waals surface area contributed by atoms with Crippen LogP contribution in [0.4, 0.5) is 5.69 Å². The zero-order chi connectivity index (χ0) is 24.8. The van der Waals surface area contributed by atoms with Crippen LogP contribution in [-0.4, -0.2) is 46.3 Å². The third-order valence-electron chi connectivity index (χ3n) is 5.59. The summed E-state index contributed by atoms with van der Waals surface area (Å²) in [7, 11) is 0. The number of hydrogen-bond acceptors (Lipinski definition) is 4. The average molecular weight is 566 g/mol. The van der Waals surface area contributed by atoms with Gasteiger partial charge in [0.2, 0.25) is 5.91 Å². The van der Waals surface area contributed by atoms with Crippen LogP contribution >= 0.6 is 58.0 Å². The maximum Gasteiger partial charge on any atom is 0.271 e. The number of carbonyl (C=O) groups excluding carboxylic acids is 3. The summed E-state index contributed by atoms with van der Waals surface area (Å²) >= 11 is 31.1. The topological polar surface area (TPSA) is 87.7 Å². The van der Waals surface area contributed by atoms with E-state index in [4.69, 9.17) is 62.8 Å². The molecule has 12 heteroatoms. The summed E-state index contributed by atoms with van der Waals surface area (Å²) in [5.41, 5.74) is 1.03. The number of likely N-dealkylation sites (N-methyl/N-ethyl adjacent to an activating group) is 1. The number of nitrogens with one attached hydrogen (secondary N) is 2. The van der Waals surface area contributed by atoms with Gasteiger partial charge in [-0.25, -0.2) is 5.06 Å². The molecule has 0 unspecified atom stereocenters. The van der Waals surface area contributed by atoms with Gasteiger partial charge in [-0.3, -0.25) is 19.2 Å². The van der Waals surface area contributed by atoms with Crippen LogP contribution in [0.15, 0.2) is 36.4 Å². The van der Waals surface area contributed by atoms with Crippen LogP contribution in [0.1, 0.15) is 28.8 Å². The lowest BCUT2D eigenvalue weighted by Gasteiger charge is -2.13. The first-order valence-electron chi connectivity index (χ1n) is 10.2. The molecule has 3 amide bonds. The molecule has 4 rings (SSSR count). The minimum absolute atomic E-state index is 0.0244. The summed E-state index contributed by atoms with van der Waals surface area (Å²) in [6, 6.07) is 8.47. The van der Waals surface area contributed by atoms with Crippen LogP contribution in [0.2, 0.25) is 15.1 Å². The van der Waals surface area contributed by atoms with Gasteiger partial charge in [-0.2, -0.15) is 0 Å². The molecule has 1 heterocycles. The minimum Gasteiger partial charge on any atom is -0.338 e. The smallest absolute Gasteiger partial charge is 0.271 e. The maximum atomic E-state index is 13.0. The highest BCUT2D eigenvalue weighted by Crippen LogP contribution is 2.65. The van der Waals surface area contributed by atoms with Crippen LogP contribution in [0.3, 0.4) is 0 Å². The summed E-state index contributed by atoms with van der Waals surface area (Å²) < 4.78 is -1.35. The van der Waals surface area contributed by atoms with Crippen molar-refractivity contribution in [1.82, 2.24) is 10.4 Å². The third kappa shape index (κ3) is 4.96. The number of benzene rings is 2. The Hall–Kier alpha value is -1.74. The highest BCUT2D eigenvalue weighted by molar-refractivity contribution is 6.53. The molecule has 2 N–H and O–H groups in total. The van der Waals surface area contributed by atoms with Gasteiger partial charge < -0.3 is 10.6 Å². The van der Waals surface area contributed by atoms with E-state index in [1.807, 2.05) is 0 Å². The largest absolute Gasteiger partial charge is 0.338 e. The summed E-state index contributed by atoms with van der Waals surface area (Å²) in [5.74, 6) is -2.66. The van der Waals surface area contributed by atoms with Gasteiger partial charge >= 0.3 is 0 Å². The molecule has 7 nitrogen and oxygen atoms in total. The highest BCUT2D eigenvalue weighted by atomic mass is 35.5. The van der Waals surface area contributed by atoms with E-state index < -0.39 is 34.0 Å². The molecule has 0 radical (unpaired) electrons. The SMILES string of the molecule is CCN1OC[C@@H](NC(=O)c2cc(NC(=O)[C@@H]3[C@@H](c4cc(Cl)cc(Cl)c4)C3(Cl)Cl)ccc2Cl)C1=O. The molecule has 3 atom stereocenters. The Kier molecular flexibility index (Phi) is 7.25. The number of halogens is 5. The fraction of sp³-hybridized carbons (Fsp3) is 0.318. The molecule has 1 aliphatic carbocycles. The molecule has 2 aliphatic rings. The lowest BCUT2D eigenvalue weighted by Crippen LogP contribution is -2.42. The molecular weight excluding hydrogens is 548 g/mol. The highest BCUT2D eigenvalue weighted by Gasteiger charge is 2.67. The molecule has 180 valence electrons. The van der Waals surface area contributed by atoms with Gasteiger partial charge in [-0.15, -0.1) is 23.2 Å². The first-order valence-corrected chi connectivity index (χ1v) is 12.1. The van der Waals surface area contributed by atoms with Crippen molar-refractivity contribution in [3.05, 3.63) is 62.6 Å². The van der Waals surface area contributed by atoms with Gasteiger partial charge in [0.1, 0.15) is 17.0 Å². The van der Waals surface area contributed by atoms with Crippen molar-refractivity contribution >= 4 is 81.4 Å². The number of anilines is 1. The van der Waals surface area contributed by atoms with Crippen LogP contribution < -0.4 is 10.6 Å². The Balaban J connectivity index is 1.47. The lowest BCUT2D eigenvalue weighted by atomic mass is 10.1. The van der Waals surface area contributed by atoms with E-state index in [0.29, 0.717) is 27.8 Å². The van der Waals surface area contributed by atoms with E-state index in [1.54, 1.807) is 25.1 Å². The van der Waals surface area contributed by atoms with Crippen molar-refractivity contribution in [2.75, 3.05) is 18.5 Å². The van der Waals surface area contributed by atoms with E-state index in [9.17, 15) is 14.4 Å². The predicted molar refractivity (Wildman–Crippen MR) is 132 cm³/mol. The van der Waals surface area contributed by atoms with Crippen LogP contribution in [0, 0.1) is 5.92 Å². The third-order valence-corrected chi connectivity index (χ3v) is 7.30. The summed E-state index contributed by atoms with van der Waals surface area (Å²) in [6.07, 6.45) is 0. The maximum absolute atomic E-state index is 13.0. The zero-order valence-electron chi connectivity index (χ0n) is 17.6. The van der Waals surface area contributed by atoms with Crippen LogP contribution in [-0.2, 0) is 14.4 Å². The van der Waals surface area contributed by atoms with Crippen molar-refractivity contribution in [2.45, 2.75) is 23.2 Å². The Morgan fingerprint density at radius 1 is 1.12 bits per heavy atom. The molecule has 1 saturated carbocycles. The van der Waals surface area contributed by atoms with E-state index in [2.05, 4.69) is 10.6 Å². The molecule has 0 aromatic heterocycles. The number of nitrogens with zero attached hydrogens (tertiary/aromatic N) is 1. The molecule has 0 spiro atoms. The van der Waals surface area contributed by atoms with Gasteiger partial charge in [0.05, 0.1) is 16.5 Å². The predicted octanol–water partition coefficient (Wildman–Crippen LogP) is 5.06. The molecule has 1 saturated heterocycles. The Labute approximate surface area is 220 Å². The Morgan fingerprint density at radius 2 is 1.79 bits per heavy atom. The quantitative estimate of drug-likeness (QED) is 0.479. The number of rotatable bonds is 6. The lowest BCUT2D eigenvalue weighted by molar-refractivity contribution is -0.160. The first-order chi connectivity index (χ1) is 16.0. The van der Waals surface area contributed by atoms with E-state index >= 15 is 0 Å². The first kappa shape index (κ1) is 25.4. The van der Waals surface area contributed by atoms with Crippen molar-refractivity contribution in [3.63, 3.8) is 0 Å². The van der Waals surface area contributed by atoms with Gasteiger partial charge in [0.25, 0.3) is 11.8 Å². The molecule has 0 bridgehead atoms. The van der Waals surface area contributed by atoms with Gasteiger partial charge in [-0.05, 0) is 48.9 Å². The monoisotopic (exact) mass is 563 g/mol. The van der Waals surface area contributed by atoms with E-state index in [-0.39, 0.29) is 23.1 Å². The number of alkyl halides is 2. The van der Waals surface area contributed by atoms with E-state index in [1.165, 1.54) is 23.3 Å². The number of carbonyl (C=O) groups is 3. The van der Waals surface area contributed by atoms with Crippen LogP contribution in [0.5, 0.6) is 0 Å². The van der Waals surface area contributed by atoms with Gasteiger partial charge in [0, 0.05) is 28.2 Å². The van der Waals surface area contributed by atoms with Crippen LogP contribution in [0.25, 0.3) is 0 Å². The van der Waals surface area contributed by atoms with E-state index in [0.717, 1.165) is 0 Å². The Bertz CT molecular complexity index is 1150. The Morgan fingerprint density at radius 3 is 2.41 bits per heavy atom. The summed E-state index contributed by atoms with van der Waals surface area (Å²) in [4.78, 5) is 43.1. The van der Waals surface area contributed by atoms with Gasteiger partial charge in [0.15, 0.2) is 0 Å². The van der Waals surface area contributed by atoms with Crippen molar-refractivity contribution in [1.29, 1.82) is 0 Å². The summed E-state index contributed by atoms with van der Waals surface area (Å²) in [5, 5.41) is 7.44. The average Bonchev–Trinajstić information content (AvgIpc) is 3.18. The normalized spacial score (nSPS) is 23.1. The molecular formula is C22H18Cl5N3O4. The zero-order valence-corrected chi connectivity index (χ0v) is 21.4. The second-order valence-electron chi connectivity index (χ2n) is 7.87. The number of hydroxylamine groups is 2. The minimum atomic E-state index is -1.35. The molecule has 1 aliphatic heterocycles. The molecule has 34 heavy (non-hydrogen) atoms. The fourth-order valence-corrected chi connectivity index (χ4v) is 5.45.